The summed E-state index contributed by atoms with van der Waals surface area (Å²) in [5, 5.41) is 4.55. The van der Waals surface area contributed by atoms with Gasteiger partial charge in [-0.1, -0.05) is 35.1 Å². The number of methoxy groups -OCH3 is 2. The van der Waals surface area contributed by atoms with Crippen LogP contribution < -0.4 is 15.0 Å². The second-order valence-electron chi connectivity index (χ2n) is 8.05. The molecule has 0 radical (unpaired) electrons. The topological polar surface area (TPSA) is 81.5 Å². The van der Waals surface area contributed by atoms with Crippen LogP contribution in [0.1, 0.15) is 18.2 Å². The molecule has 0 atom stereocenters. The standard InChI is InChI=1S/C27H23ClN4O3S2/c1-16(29-18-10-13-22(34-2)23(14-18)35-3)25-21(15-36-19-11-8-17(28)9-12-19)31-32(26(25)33)27-30-20-6-4-5-7-24(20)37-27/h4-14,31H,15H2,1-3H3. The second-order valence-corrected chi connectivity index (χ2v) is 10.5. The Morgan fingerprint density at radius 1 is 1.08 bits per heavy atom. The third-order valence-corrected chi connectivity index (χ3v) is 7.97. The van der Waals surface area contributed by atoms with Crippen molar-refractivity contribution in [2.45, 2.75) is 17.6 Å². The van der Waals surface area contributed by atoms with Crippen LogP contribution in [0.5, 0.6) is 11.5 Å². The van der Waals surface area contributed by atoms with E-state index in [-0.39, 0.29) is 5.56 Å². The highest BCUT2D eigenvalue weighted by molar-refractivity contribution is 7.98. The maximum absolute atomic E-state index is 13.7. The van der Waals surface area contributed by atoms with Crippen LogP contribution in [0.15, 0.2) is 81.4 Å². The Kier molecular flexibility index (Phi) is 7.36. The van der Waals surface area contributed by atoms with E-state index in [2.05, 4.69) is 10.1 Å². The van der Waals surface area contributed by atoms with Gasteiger partial charge in [0.2, 0.25) is 5.13 Å². The predicted molar refractivity (Wildman–Crippen MR) is 152 cm³/mol. The largest absolute Gasteiger partial charge is 0.493 e. The van der Waals surface area contributed by atoms with Crippen molar-refractivity contribution < 1.29 is 9.47 Å². The molecule has 2 heterocycles. The van der Waals surface area contributed by atoms with Crippen molar-refractivity contribution in [1.29, 1.82) is 0 Å². The first-order valence-electron chi connectivity index (χ1n) is 11.3. The summed E-state index contributed by atoms with van der Waals surface area (Å²) in [5.74, 6) is 1.71. The molecule has 0 bridgehead atoms. The highest BCUT2D eigenvalue weighted by Gasteiger charge is 2.20. The van der Waals surface area contributed by atoms with Crippen molar-refractivity contribution in [3.8, 4) is 16.6 Å². The molecule has 1 N–H and O–H groups in total. The lowest BCUT2D eigenvalue weighted by Gasteiger charge is -2.08. The molecule has 0 aliphatic heterocycles. The summed E-state index contributed by atoms with van der Waals surface area (Å²) in [6.07, 6.45) is 0. The normalized spacial score (nSPS) is 11.7. The molecule has 5 aromatic rings. The van der Waals surface area contributed by atoms with Crippen LogP contribution >= 0.6 is 34.7 Å². The average Bonchev–Trinajstić information content (AvgIpc) is 3.48. The first-order valence-corrected chi connectivity index (χ1v) is 13.5. The van der Waals surface area contributed by atoms with E-state index in [9.17, 15) is 4.79 Å². The first-order chi connectivity index (χ1) is 18.0. The van der Waals surface area contributed by atoms with E-state index in [0.29, 0.717) is 44.4 Å². The molecule has 0 spiro atoms. The third-order valence-electron chi connectivity index (χ3n) is 5.66. The second kappa shape index (κ2) is 10.8. The summed E-state index contributed by atoms with van der Waals surface area (Å²) >= 11 is 9.10. The Morgan fingerprint density at radius 2 is 1.84 bits per heavy atom. The summed E-state index contributed by atoms with van der Waals surface area (Å²) in [5.41, 5.74) is 3.14. The van der Waals surface area contributed by atoms with Crippen molar-refractivity contribution in [3.63, 3.8) is 0 Å². The van der Waals surface area contributed by atoms with Gasteiger partial charge in [-0.25, -0.2) is 4.98 Å². The van der Waals surface area contributed by atoms with Gasteiger partial charge in [-0.2, -0.15) is 4.68 Å². The average molecular weight is 551 g/mol. The number of benzene rings is 3. The number of nitrogens with zero attached hydrogens (tertiary/aromatic N) is 3. The Bertz CT molecular complexity index is 1620. The molecule has 5 rings (SSSR count). The van der Waals surface area contributed by atoms with Crippen molar-refractivity contribution >= 4 is 56.3 Å². The smallest absolute Gasteiger partial charge is 0.282 e. The number of H-pyrrole nitrogens is 1. The Morgan fingerprint density at radius 3 is 2.57 bits per heavy atom. The molecule has 0 aliphatic carbocycles. The number of para-hydroxylation sites is 1. The van der Waals surface area contributed by atoms with Gasteiger partial charge in [-0.3, -0.25) is 14.9 Å². The van der Waals surface area contributed by atoms with Gasteiger partial charge >= 0.3 is 0 Å². The van der Waals surface area contributed by atoms with E-state index in [0.717, 1.165) is 20.8 Å². The van der Waals surface area contributed by atoms with Gasteiger partial charge in [0.1, 0.15) is 0 Å². The number of aromatic nitrogens is 3. The van der Waals surface area contributed by atoms with Crippen LogP contribution in [-0.4, -0.2) is 34.7 Å². The quantitative estimate of drug-likeness (QED) is 0.168. The summed E-state index contributed by atoms with van der Waals surface area (Å²) in [4.78, 5) is 24.2. The molecule has 0 unspecified atom stereocenters. The van der Waals surface area contributed by atoms with Gasteiger partial charge in [-0.05, 0) is 55.5 Å². The minimum atomic E-state index is -0.201. The Labute approximate surface area is 226 Å². The lowest BCUT2D eigenvalue weighted by Crippen LogP contribution is -2.19. The molecule has 0 aliphatic rings. The number of ether oxygens (including phenoxy) is 2. The van der Waals surface area contributed by atoms with Gasteiger partial charge in [-0.15, -0.1) is 11.8 Å². The number of thioether (sulfide) groups is 1. The first kappa shape index (κ1) is 25.1. The maximum atomic E-state index is 13.7. The lowest BCUT2D eigenvalue weighted by molar-refractivity contribution is 0.355. The summed E-state index contributed by atoms with van der Waals surface area (Å²) < 4.78 is 13.3. The van der Waals surface area contributed by atoms with Crippen LogP contribution in [0.3, 0.4) is 0 Å². The number of hydrogen-bond acceptors (Lipinski definition) is 7. The van der Waals surface area contributed by atoms with Crippen LogP contribution in [0.4, 0.5) is 5.69 Å². The monoisotopic (exact) mass is 550 g/mol. The fourth-order valence-electron chi connectivity index (χ4n) is 3.88. The van der Waals surface area contributed by atoms with Crippen LogP contribution in [-0.2, 0) is 5.75 Å². The molecule has 7 nitrogen and oxygen atoms in total. The van der Waals surface area contributed by atoms with Crippen LogP contribution in [0.25, 0.3) is 15.3 Å². The molecule has 188 valence electrons. The maximum Gasteiger partial charge on any atom is 0.282 e. The van der Waals surface area contributed by atoms with E-state index >= 15 is 0 Å². The van der Waals surface area contributed by atoms with E-state index in [4.69, 9.17) is 26.1 Å². The number of rotatable bonds is 8. The number of aromatic amines is 1. The van der Waals surface area contributed by atoms with Gasteiger partial charge in [0, 0.05) is 21.7 Å². The predicted octanol–water partition coefficient (Wildman–Crippen LogP) is 6.88. The molecule has 37 heavy (non-hydrogen) atoms. The number of thiazole rings is 1. The third kappa shape index (κ3) is 5.29. The fraction of sp³-hybridized carbons (Fsp3) is 0.148. The van der Waals surface area contributed by atoms with E-state index < -0.39 is 0 Å². The molecule has 0 saturated heterocycles. The van der Waals surface area contributed by atoms with Gasteiger partial charge in [0.25, 0.3) is 5.56 Å². The zero-order valence-corrected chi connectivity index (χ0v) is 22.7. The number of hydrogen-bond donors (Lipinski definition) is 1. The SMILES string of the molecule is COc1ccc(N=C(C)c2c(CSc3ccc(Cl)cc3)[nH]n(-c3nc4ccccc4s3)c2=O)cc1OC. The van der Waals surface area contributed by atoms with Gasteiger partial charge in [0.05, 0.1) is 47.1 Å². The molecular weight excluding hydrogens is 528 g/mol. The van der Waals surface area contributed by atoms with Crippen molar-refractivity contribution in [2.24, 2.45) is 4.99 Å². The molecule has 0 fully saturated rings. The van der Waals surface area contributed by atoms with Crippen molar-refractivity contribution in [2.75, 3.05) is 14.2 Å². The summed E-state index contributed by atoms with van der Waals surface area (Å²) in [7, 11) is 3.16. The number of fused-ring (bicyclic) bond motifs is 1. The minimum Gasteiger partial charge on any atom is -0.493 e. The molecule has 2 aromatic heterocycles. The van der Waals surface area contributed by atoms with E-state index in [1.54, 1.807) is 38.1 Å². The minimum absolute atomic E-state index is 0.201. The fourth-order valence-corrected chi connectivity index (χ4v) is 5.78. The zero-order chi connectivity index (χ0) is 25.9. The number of aliphatic imine (C=N–C) groups is 1. The Balaban J connectivity index is 1.57. The summed E-state index contributed by atoms with van der Waals surface area (Å²) in [6.45, 7) is 1.83. The van der Waals surface area contributed by atoms with E-state index in [1.807, 2.05) is 61.5 Å². The van der Waals surface area contributed by atoms with Gasteiger partial charge in [0.15, 0.2) is 11.5 Å². The molecule has 0 amide bonds. The molecular formula is C27H23ClN4O3S2. The molecule has 3 aromatic carbocycles. The molecule has 0 saturated carbocycles. The lowest BCUT2D eigenvalue weighted by atomic mass is 10.1. The van der Waals surface area contributed by atoms with Crippen LogP contribution in [0.2, 0.25) is 5.02 Å². The van der Waals surface area contributed by atoms with Crippen molar-refractivity contribution in [1.82, 2.24) is 14.8 Å². The number of nitrogens with one attached hydrogen (secondary N) is 1. The highest BCUT2D eigenvalue weighted by Crippen LogP contribution is 2.32. The van der Waals surface area contributed by atoms with Crippen LogP contribution in [0, 0.1) is 0 Å². The van der Waals surface area contributed by atoms with Crippen molar-refractivity contribution in [3.05, 3.63) is 93.4 Å². The zero-order valence-electron chi connectivity index (χ0n) is 20.3. The van der Waals surface area contributed by atoms with E-state index in [1.165, 1.54) is 16.0 Å². The van der Waals surface area contributed by atoms with Gasteiger partial charge < -0.3 is 9.47 Å². The highest BCUT2D eigenvalue weighted by atomic mass is 35.5. The molecule has 10 heteroatoms. The summed E-state index contributed by atoms with van der Waals surface area (Å²) in [6, 6.07) is 20.8. The number of halogens is 1. The Hall–Kier alpha value is -3.53.